The van der Waals surface area contributed by atoms with Crippen molar-refractivity contribution in [2.45, 2.75) is 97.8 Å². The van der Waals surface area contributed by atoms with Gasteiger partial charge in [-0.3, -0.25) is 38.5 Å². The standard InChI is InChI=1S/C55H79F2N9O12/c1-38(2)50(62-46(69)20-26-75-28-30-77-32-33-78-31-29-76-27-22-60-45(68)19-25-65-47(70)17-18-48(65)71)54(74)64(44(52(59)73)14-9-10-21-58)23-11-24-66(49(72)37-67)51(55(3,4)5)53-61-43(41-34-40(56)15-16-42(41)57)36-63(53)35-39-12-7-6-8-13-39/h6-8,12-13,15-18,34,36,38,44,50-51,67H,9-11,14,19-33,35,37,58H2,1-5H3,(H2,59,73)(H,60,68)(H,62,69)/t44-,50-,51-/m0/s1. The topological polar surface area (TPSA) is 280 Å². The van der Waals surface area contributed by atoms with Crippen LogP contribution in [-0.2, 0) is 59.1 Å². The van der Waals surface area contributed by atoms with E-state index in [1.807, 2.05) is 51.1 Å². The van der Waals surface area contributed by atoms with Crippen LogP contribution in [0.15, 0.2) is 66.9 Å². The van der Waals surface area contributed by atoms with E-state index in [-0.39, 0.29) is 122 Å². The molecule has 4 rings (SSSR count). The highest BCUT2D eigenvalue weighted by molar-refractivity contribution is 6.13. The molecular formula is C55H79F2N9O12. The SMILES string of the molecule is CC(C)[C@H](NC(=O)CCOCCOCCOCCOCCNC(=O)CCN1C(=O)C=CC1=O)C(=O)N(CCCN(C(=O)CO)[C@@H](c1nc(-c2cc(F)ccc2F)cn1Cc1ccccc1)C(C)(C)C)[C@@H](CCCCN)C(N)=O. The predicted molar refractivity (Wildman–Crippen MR) is 284 cm³/mol. The molecule has 0 radical (unpaired) electrons. The Morgan fingerprint density at radius 3 is 2.00 bits per heavy atom. The maximum atomic E-state index is 15.3. The first-order valence-corrected chi connectivity index (χ1v) is 26.4. The van der Waals surface area contributed by atoms with Crippen LogP contribution in [0.1, 0.15) is 90.6 Å². The number of hydrogen-bond acceptors (Lipinski definition) is 14. The van der Waals surface area contributed by atoms with Crippen molar-refractivity contribution in [1.82, 2.24) is 34.9 Å². The first-order valence-electron chi connectivity index (χ1n) is 26.4. The van der Waals surface area contributed by atoms with Crippen LogP contribution in [0.25, 0.3) is 11.3 Å². The zero-order chi connectivity index (χ0) is 57.2. The van der Waals surface area contributed by atoms with Crippen molar-refractivity contribution in [2.75, 3.05) is 92.2 Å². The number of primary amides is 1. The lowest BCUT2D eigenvalue weighted by molar-refractivity contribution is -0.144. The number of halogens is 2. The summed E-state index contributed by atoms with van der Waals surface area (Å²) in [5, 5.41) is 15.9. The summed E-state index contributed by atoms with van der Waals surface area (Å²) in [6.07, 6.45) is 5.14. The lowest BCUT2D eigenvalue weighted by Gasteiger charge is -2.40. The van der Waals surface area contributed by atoms with Gasteiger partial charge in [0.1, 0.15) is 36.1 Å². The number of aliphatic hydroxyl groups excluding tert-OH is 1. The second kappa shape index (κ2) is 33.1. The van der Waals surface area contributed by atoms with E-state index in [9.17, 15) is 43.1 Å². The summed E-state index contributed by atoms with van der Waals surface area (Å²) in [6.45, 7) is 10.8. The summed E-state index contributed by atoms with van der Waals surface area (Å²) < 4.78 is 53.7. The van der Waals surface area contributed by atoms with Gasteiger partial charge in [0, 0.05) is 69.5 Å². The number of aliphatic hydroxyl groups is 1. The van der Waals surface area contributed by atoms with Gasteiger partial charge in [0.05, 0.1) is 64.6 Å². The number of aromatic nitrogens is 2. The molecule has 1 aliphatic rings. The minimum absolute atomic E-state index is 0.00570. The van der Waals surface area contributed by atoms with Crippen molar-refractivity contribution in [2.24, 2.45) is 22.8 Å². The summed E-state index contributed by atoms with van der Waals surface area (Å²) in [7, 11) is 0. The number of carbonyl (C=O) groups is 7. The van der Waals surface area contributed by atoms with Crippen LogP contribution in [0.4, 0.5) is 8.78 Å². The lowest BCUT2D eigenvalue weighted by Crippen LogP contribution is -2.57. The number of nitrogens with two attached hydrogens (primary N) is 2. The molecule has 1 aliphatic heterocycles. The Balaban J connectivity index is 1.32. The van der Waals surface area contributed by atoms with Gasteiger partial charge in [-0.2, -0.15) is 0 Å². The molecule has 0 aliphatic carbocycles. The average molecular weight is 1100 g/mol. The van der Waals surface area contributed by atoms with Crippen LogP contribution < -0.4 is 22.1 Å². The van der Waals surface area contributed by atoms with E-state index in [2.05, 4.69) is 10.6 Å². The van der Waals surface area contributed by atoms with E-state index in [1.165, 1.54) is 22.0 Å². The van der Waals surface area contributed by atoms with Gasteiger partial charge >= 0.3 is 0 Å². The zero-order valence-electron chi connectivity index (χ0n) is 45.6. The third-order valence-electron chi connectivity index (χ3n) is 12.6. The fourth-order valence-corrected chi connectivity index (χ4v) is 8.71. The fraction of sp³-hybridized carbons (Fsp3) is 0.564. The van der Waals surface area contributed by atoms with Gasteiger partial charge in [0.25, 0.3) is 11.8 Å². The van der Waals surface area contributed by atoms with Gasteiger partial charge in [-0.05, 0) is 67.3 Å². The number of rotatable bonds is 37. The quantitative estimate of drug-likeness (QED) is 0.0410. The number of ether oxygens (including phenoxy) is 4. The lowest BCUT2D eigenvalue weighted by atomic mass is 9.84. The van der Waals surface area contributed by atoms with Gasteiger partial charge in [-0.15, -0.1) is 0 Å². The molecular weight excluding hydrogens is 1020 g/mol. The molecule has 7 N–H and O–H groups in total. The molecule has 3 aromatic rings. The van der Waals surface area contributed by atoms with Gasteiger partial charge in [-0.25, -0.2) is 13.8 Å². The Morgan fingerprint density at radius 1 is 0.795 bits per heavy atom. The molecule has 0 unspecified atom stereocenters. The number of imidazole rings is 1. The number of nitrogens with one attached hydrogen (secondary N) is 2. The molecule has 0 spiro atoms. The molecule has 2 heterocycles. The molecule has 7 amide bonds. The van der Waals surface area contributed by atoms with Crippen LogP contribution in [0.5, 0.6) is 0 Å². The molecule has 78 heavy (non-hydrogen) atoms. The first-order chi connectivity index (χ1) is 37.3. The fourth-order valence-electron chi connectivity index (χ4n) is 8.71. The summed E-state index contributed by atoms with van der Waals surface area (Å²) >= 11 is 0. The van der Waals surface area contributed by atoms with E-state index < -0.39 is 83.1 Å². The Hall–Kier alpha value is -6.50. The van der Waals surface area contributed by atoms with Crippen molar-refractivity contribution >= 4 is 41.4 Å². The van der Waals surface area contributed by atoms with Crippen LogP contribution in [0.2, 0.25) is 0 Å². The highest BCUT2D eigenvalue weighted by Crippen LogP contribution is 2.40. The molecule has 23 heteroatoms. The summed E-state index contributed by atoms with van der Waals surface area (Å²) in [6, 6.07) is 9.43. The Labute approximate surface area is 455 Å². The highest BCUT2D eigenvalue weighted by atomic mass is 19.1. The maximum Gasteiger partial charge on any atom is 0.253 e. The number of unbranched alkanes of at least 4 members (excludes halogenated alkanes) is 1. The van der Waals surface area contributed by atoms with Crippen molar-refractivity contribution < 1.29 is 66.4 Å². The molecule has 0 saturated heterocycles. The van der Waals surface area contributed by atoms with Gasteiger partial charge in [0.15, 0.2) is 0 Å². The van der Waals surface area contributed by atoms with Crippen molar-refractivity contribution in [3.63, 3.8) is 0 Å². The third-order valence-corrected chi connectivity index (χ3v) is 12.6. The molecule has 430 valence electrons. The van der Waals surface area contributed by atoms with E-state index in [0.717, 1.165) is 28.7 Å². The second-order valence-electron chi connectivity index (χ2n) is 20.1. The van der Waals surface area contributed by atoms with Crippen molar-refractivity contribution in [3.05, 3.63) is 89.9 Å². The monoisotopic (exact) mass is 1100 g/mol. The summed E-state index contributed by atoms with van der Waals surface area (Å²) in [5.41, 5.74) is 11.9. The van der Waals surface area contributed by atoms with Crippen molar-refractivity contribution in [3.8, 4) is 11.3 Å². The average Bonchev–Trinajstić information content (AvgIpc) is 4.04. The van der Waals surface area contributed by atoms with E-state index >= 15 is 4.39 Å². The minimum atomic E-state index is -1.09. The van der Waals surface area contributed by atoms with Crippen LogP contribution in [-0.4, -0.2) is 175 Å². The third kappa shape index (κ3) is 20.7. The zero-order valence-corrected chi connectivity index (χ0v) is 45.6. The molecule has 0 bridgehead atoms. The largest absolute Gasteiger partial charge is 0.387 e. The van der Waals surface area contributed by atoms with Crippen LogP contribution in [0, 0.1) is 23.0 Å². The molecule has 2 aromatic carbocycles. The molecule has 0 fully saturated rings. The Kier molecular flexibility index (Phi) is 27.1. The normalized spacial score (nSPS) is 13.7. The second-order valence-corrected chi connectivity index (χ2v) is 20.1. The van der Waals surface area contributed by atoms with Crippen molar-refractivity contribution in [1.29, 1.82) is 0 Å². The number of carbonyl (C=O) groups excluding carboxylic acids is 7. The summed E-state index contributed by atoms with van der Waals surface area (Å²) in [4.78, 5) is 98.9. The Morgan fingerprint density at radius 2 is 1.41 bits per heavy atom. The highest BCUT2D eigenvalue weighted by Gasteiger charge is 2.40. The van der Waals surface area contributed by atoms with E-state index in [1.54, 1.807) is 24.6 Å². The van der Waals surface area contributed by atoms with Crippen LogP contribution in [0.3, 0.4) is 0 Å². The Bertz CT molecular complexity index is 2430. The van der Waals surface area contributed by atoms with E-state index in [4.69, 9.17) is 35.4 Å². The molecule has 0 saturated carbocycles. The molecule has 21 nitrogen and oxygen atoms in total. The number of benzene rings is 2. The van der Waals surface area contributed by atoms with Gasteiger partial charge < -0.3 is 60.5 Å². The van der Waals surface area contributed by atoms with E-state index in [0.29, 0.717) is 31.8 Å². The number of nitrogens with zero attached hydrogens (tertiary/aromatic N) is 5. The number of imide groups is 1. The maximum absolute atomic E-state index is 15.3. The van der Waals surface area contributed by atoms with Gasteiger partial charge in [-0.1, -0.05) is 65.0 Å². The molecule has 3 atom stereocenters. The van der Waals surface area contributed by atoms with Crippen LogP contribution >= 0.6 is 0 Å². The number of amides is 7. The molecule has 1 aromatic heterocycles. The van der Waals surface area contributed by atoms with Gasteiger partial charge in [0.2, 0.25) is 29.5 Å². The number of hydrogen-bond donors (Lipinski definition) is 5. The first kappa shape index (κ1) is 64.0. The summed E-state index contributed by atoms with van der Waals surface area (Å²) in [5.74, 6) is -5.09. The predicted octanol–water partition coefficient (Wildman–Crippen LogP) is 3.01. The minimum Gasteiger partial charge on any atom is -0.387 e. The smallest absolute Gasteiger partial charge is 0.253 e.